The number of ether oxygens (including phenoxy) is 1. The molecular weight excluding hydrogens is 238 g/mol. The zero-order valence-corrected chi connectivity index (χ0v) is 11.1. The number of ketones is 1. The van der Waals surface area contributed by atoms with Gasteiger partial charge in [-0.1, -0.05) is 12.1 Å². The van der Waals surface area contributed by atoms with Crippen LogP contribution < -0.4 is 10.5 Å². The lowest BCUT2D eigenvalue weighted by atomic mass is 9.99. The number of nitrogen functional groups attached to an aromatic ring is 1. The maximum Gasteiger partial charge on any atom is 0.167 e. The van der Waals surface area contributed by atoms with Gasteiger partial charge in [-0.25, -0.2) is 0 Å². The van der Waals surface area contributed by atoms with Gasteiger partial charge in [-0.2, -0.15) is 0 Å². The second-order valence-electron chi connectivity index (χ2n) is 4.53. The lowest BCUT2D eigenvalue weighted by molar-refractivity contribution is 0.0992. The van der Waals surface area contributed by atoms with Gasteiger partial charge in [0.1, 0.15) is 5.75 Å². The van der Waals surface area contributed by atoms with Gasteiger partial charge < -0.3 is 10.5 Å². The summed E-state index contributed by atoms with van der Waals surface area (Å²) in [6, 6.07) is 12.9. The molecule has 0 aliphatic carbocycles. The molecule has 0 aromatic heterocycles. The van der Waals surface area contributed by atoms with E-state index in [0.29, 0.717) is 12.1 Å². The summed E-state index contributed by atoms with van der Waals surface area (Å²) in [4.78, 5) is 12.3. The standard InChI is InChI=1S/C16H17NO2/c1-11-8-14(19-2)6-7-15(11)16(18)10-12-4-3-5-13(17)9-12/h3-9H,10,17H2,1-2H3. The summed E-state index contributed by atoms with van der Waals surface area (Å²) in [5.41, 5.74) is 8.97. The van der Waals surface area contributed by atoms with Crippen LogP contribution in [0.3, 0.4) is 0 Å². The quantitative estimate of drug-likeness (QED) is 0.675. The van der Waals surface area contributed by atoms with Crippen molar-refractivity contribution in [3.63, 3.8) is 0 Å². The molecule has 0 bridgehead atoms. The van der Waals surface area contributed by atoms with E-state index in [-0.39, 0.29) is 5.78 Å². The number of aryl methyl sites for hydroxylation is 1. The van der Waals surface area contributed by atoms with Gasteiger partial charge in [-0.05, 0) is 48.4 Å². The van der Waals surface area contributed by atoms with E-state index >= 15 is 0 Å². The molecule has 0 radical (unpaired) electrons. The highest BCUT2D eigenvalue weighted by atomic mass is 16.5. The molecule has 0 spiro atoms. The van der Waals surface area contributed by atoms with E-state index in [1.165, 1.54) is 0 Å². The highest BCUT2D eigenvalue weighted by molar-refractivity contribution is 5.99. The highest BCUT2D eigenvalue weighted by Gasteiger charge is 2.10. The third-order valence-corrected chi connectivity index (χ3v) is 3.05. The van der Waals surface area contributed by atoms with Crippen molar-refractivity contribution in [2.75, 3.05) is 12.8 Å². The number of Topliss-reactive ketones (excluding diaryl/α,β-unsaturated/α-hetero) is 1. The second-order valence-corrected chi connectivity index (χ2v) is 4.53. The molecule has 2 aromatic rings. The average Bonchev–Trinajstić information content (AvgIpc) is 2.38. The Bertz CT molecular complexity index is 605. The van der Waals surface area contributed by atoms with Crippen LogP contribution in [0.1, 0.15) is 21.5 Å². The van der Waals surface area contributed by atoms with E-state index in [0.717, 1.165) is 22.4 Å². The number of carbonyl (C=O) groups excluding carboxylic acids is 1. The van der Waals surface area contributed by atoms with Crippen molar-refractivity contribution in [3.8, 4) is 5.75 Å². The Balaban J connectivity index is 2.20. The number of methoxy groups -OCH3 is 1. The van der Waals surface area contributed by atoms with Crippen LogP contribution in [0.15, 0.2) is 42.5 Å². The fourth-order valence-corrected chi connectivity index (χ4v) is 2.06. The monoisotopic (exact) mass is 255 g/mol. The molecule has 98 valence electrons. The molecule has 2 aromatic carbocycles. The van der Waals surface area contributed by atoms with Crippen LogP contribution in [0.25, 0.3) is 0 Å². The fraction of sp³-hybridized carbons (Fsp3) is 0.188. The zero-order valence-electron chi connectivity index (χ0n) is 11.1. The lowest BCUT2D eigenvalue weighted by Crippen LogP contribution is -2.06. The molecule has 3 nitrogen and oxygen atoms in total. The number of carbonyl (C=O) groups is 1. The highest BCUT2D eigenvalue weighted by Crippen LogP contribution is 2.19. The number of anilines is 1. The molecule has 0 heterocycles. The molecule has 0 atom stereocenters. The maximum absolute atomic E-state index is 12.3. The Morgan fingerprint density at radius 3 is 2.63 bits per heavy atom. The van der Waals surface area contributed by atoms with Gasteiger partial charge in [0, 0.05) is 17.7 Å². The van der Waals surface area contributed by atoms with Crippen molar-refractivity contribution < 1.29 is 9.53 Å². The average molecular weight is 255 g/mol. The van der Waals surface area contributed by atoms with Crippen molar-refractivity contribution in [2.24, 2.45) is 0 Å². The predicted octanol–water partition coefficient (Wildman–Crippen LogP) is 3.01. The normalized spacial score (nSPS) is 10.2. The number of rotatable bonds is 4. The smallest absolute Gasteiger partial charge is 0.167 e. The first-order valence-corrected chi connectivity index (χ1v) is 6.12. The van der Waals surface area contributed by atoms with Crippen LogP contribution in [0.2, 0.25) is 0 Å². The Labute approximate surface area is 113 Å². The van der Waals surface area contributed by atoms with Crippen molar-refractivity contribution >= 4 is 11.5 Å². The summed E-state index contributed by atoms with van der Waals surface area (Å²) in [5.74, 6) is 0.851. The summed E-state index contributed by atoms with van der Waals surface area (Å²) in [7, 11) is 1.61. The fourth-order valence-electron chi connectivity index (χ4n) is 2.06. The predicted molar refractivity (Wildman–Crippen MR) is 76.6 cm³/mol. The van der Waals surface area contributed by atoms with Gasteiger partial charge >= 0.3 is 0 Å². The minimum Gasteiger partial charge on any atom is -0.497 e. The Hall–Kier alpha value is -2.29. The number of hydrogen-bond acceptors (Lipinski definition) is 3. The van der Waals surface area contributed by atoms with Gasteiger partial charge in [-0.15, -0.1) is 0 Å². The summed E-state index contributed by atoms with van der Waals surface area (Å²) in [5, 5.41) is 0. The van der Waals surface area contributed by atoms with E-state index in [1.807, 2.05) is 43.3 Å². The van der Waals surface area contributed by atoms with Crippen LogP contribution in [-0.2, 0) is 6.42 Å². The molecule has 0 fully saturated rings. The van der Waals surface area contributed by atoms with E-state index < -0.39 is 0 Å². The first-order chi connectivity index (χ1) is 9.10. The van der Waals surface area contributed by atoms with E-state index in [9.17, 15) is 4.79 Å². The summed E-state index contributed by atoms with van der Waals surface area (Å²) >= 11 is 0. The molecule has 19 heavy (non-hydrogen) atoms. The third kappa shape index (κ3) is 3.13. The van der Waals surface area contributed by atoms with Crippen LogP contribution in [-0.4, -0.2) is 12.9 Å². The Morgan fingerprint density at radius 1 is 1.21 bits per heavy atom. The minimum absolute atomic E-state index is 0.0887. The van der Waals surface area contributed by atoms with Gasteiger partial charge in [0.05, 0.1) is 7.11 Å². The molecule has 0 saturated heterocycles. The summed E-state index contributed by atoms with van der Waals surface area (Å²) < 4.78 is 5.14. The minimum atomic E-state index is 0.0887. The van der Waals surface area contributed by atoms with Crippen LogP contribution in [0, 0.1) is 6.92 Å². The third-order valence-electron chi connectivity index (χ3n) is 3.05. The first-order valence-electron chi connectivity index (χ1n) is 6.12. The lowest BCUT2D eigenvalue weighted by Gasteiger charge is -2.07. The van der Waals surface area contributed by atoms with Crippen molar-refractivity contribution in [1.82, 2.24) is 0 Å². The van der Waals surface area contributed by atoms with Crippen molar-refractivity contribution in [3.05, 3.63) is 59.2 Å². The molecule has 3 heteroatoms. The van der Waals surface area contributed by atoms with Gasteiger partial charge in [0.25, 0.3) is 0 Å². The van der Waals surface area contributed by atoms with Gasteiger partial charge in [0.15, 0.2) is 5.78 Å². The summed E-state index contributed by atoms with van der Waals surface area (Å²) in [6.45, 7) is 1.91. The first kappa shape index (κ1) is 13.1. The van der Waals surface area contributed by atoms with E-state index in [4.69, 9.17) is 10.5 Å². The topological polar surface area (TPSA) is 52.3 Å². The van der Waals surface area contributed by atoms with Crippen molar-refractivity contribution in [2.45, 2.75) is 13.3 Å². The SMILES string of the molecule is COc1ccc(C(=O)Cc2cccc(N)c2)c(C)c1. The second kappa shape index (κ2) is 5.57. The molecule has 0 saturated carbocycles. The van der Waals surface area contributed by atoms with Gasteiger partial charge in [-0.3, -0.25) is 4.79 Å². The van der Waals surface area contributed by atoms with Crippen LogP contribution in [0.4, 0.5) is 5.69 Å². The molecule has 0 aliphatic rings. The zero-order chi connectivity index (χ0) is 13.8. The number of benzene rings is 2. The molecule has 0 aliphatic heterocycles. The van der Waals surface area contributed by atoms with Crippen LogP contribution in [0.5, 0.6) is 5.75 Å². The molecule has 2 N–H and O–H groups in total. The maximum atomic E-state index is 12.3. The molecule has 0 unspecified atom stereocenters. The number of hydrogen-bond donors (Lipinski definition) is 1. The molecule has 2 rings (SSSR count). The Morgan fingerprint density at radius 2 is 2.00 bits per heavy atom. The van der Waals surface area contributed by atoms with Crippen LogP contribution >= 0.6 is 0 Å². The van der Waals surface area contributed by atoms with Gasteiger partial charge in [0.2, 0.25) is 0 Å². The number of nitrogens with two attached hydrogens (primary N) is 1. The Kier molecular flexibility index (Phi) is 3.85. The summed E-state index contributed by atoms with van der Waals surface area (Å²) in [6.07, 6.45) is 0.359. The largest absolute Gasteiger partial charge is 0.497 e. The van der Waals surface area contributed by atoms with Crippen molar-refractivity contribution in [1.29, 1.82) is 0 Å². The molecular formula is C16H17NO2. The van der Waals surface area contributed by atoms with E-state index in [2.05, 4.69) is 0 Å². The van der Waals surface area contributed by atoms with E-state index in [1.54, 1.807) is 13.2 Å². The molecule has 0 amide bonds.